The van der Waals surface area contributed by atoms with E-state index < -0.39 is 0 Å². The second-order valence-electron chi connectivity index (χ2n) is 11.7. The maximum atomic E-state index is 3.70. The number of fused-ring (bicyclic) bond motifs is 3. The second-order valence-corrected chi connectivity index (χ2v) is 12.6. The Labute approximate surface area is 281 Å². The monoisotopic (exact) mass is 656 g/mol. The van der Waals surface area contributed by atoms with Crippen LogP contribution in [0.3, 0.4) is 0 Å². The summed E-state index contributed by atoms with van der Waals surface area (Å²) in [7, 11) is 0. The lowest BCUT2D eigenvalue weighted by molar-refractivity contribution is 1.48. The number of halogens is 1. The largest absolute Gasteiger partial charge is 0.0622 e. The minimum atomic E-state index is 1.10. The van der Waals surface area contributed by atoms with Gasteiger partial charge in [-0.15, -0.1) is 0 Å². The van der Waals surface area contributed by atoms with Crippen molar-refractivity contribution < 1.29 is 0 Å². The summed E-state index contributed by atoms with van der Waals surface area (Å²) in [6.45, 7) is 6.39. The molecule has 0 saturated carbocycles. The Balaban J connectivity index is 0.000000168. The number of hydrogen-bond acceptors (Lipinski definition) is 0. The van der Waals surface area contributed by atoms with Gasteiger partial charge >= 0.3 is 0 Å². The first-order valence-electron chi connectivity index (χ1n) is 15.7. The average Bonchev–Trinajstić information content (AvgIpc) is 3.09. The van der Waals surface area contributed by atoms with Crippen molar-refractivity contribution in [1.29, 1.82) is 0 Å². The molecule has 0 N–H and O–H groups in total. The Bertz CT molecular complexity index is 2110. The van der Waals surface area contributed by atoms with Crippen LogP contribution in [-0.4, -0.2) is 0 Å². The number of aryl methyl sites for hydroxylation is 3. The third kappa shape index (κ3) is 6.96. The summed E-state index contributed by atoms with van der Waals surface area (Å²) in [5.74, 6) is 0. The van der Waals surface area contributed by atoms with Crippen molar-refractivity contribution in [3.8, 4) is 22.3 Å². The van der Waals surface area contributed by atoms with Gasteiger partial charge in [0.15, 0.2) is 0 Å². The third-order valence-electron chi connectivity index (χ3n) is 8.31. The standard InChI is InChI=1S/C27H19Br.C11H10.C7H8/c1-18-12-14-22-24(16-18)26(19-8-4-2-5-9-19)23-15-13-21(28)17-25(23)27(22)20-10-6-3-7-11-20;1-9-5-4-7-10-6-2-3-8-11(9)10;1-7-5-3-2-4-6-7/h2-17H,1H3;2-8H,1H3;2-6H,1H3. The SMILES string of the molecule is Cc1ccc2c(-c3ccccc3)c3cc(Br)ccc3c(-c3ccccc3)c2c1.Cc1cccc2ccccc12.Cc1ccccc1. The summed E-state index contributed by atoms with van der Waals surface area (Å²) >= 11 is 3.70. The highest BCUT2D eigenvalue weighted by Crippen LogP contribution is 2.44. The van der Waals surface area contributed by atoms with Gasteiger partial charge in [-0.1, -0.05) is 185 Å². The maximum absolute atomic E-state index is 3.70. The molecule has 0 aliphatic rings. The molecule has 0 nitrogen and oxygen atoms in total. The Hall–Kier alpha value is -4.98. The van der Waals surface area contributed by atoms with E-state index in [1.807, 2.05) is 18.2 Å². The molecule has 8 aromatic carbocycles. The Morgan fingerprint density at radius 1 is 0.348 bits per heavy atom. The van der Waals surface area contributed by atoms with Crippen LogP contribution in [0.15, 0.2) is 174 Å². The topological polar surface area (TPSA) is 0 Å². The summed E-state index contributed by atoms with van der Waals surface area (Å²) in [6.07, 6.45) is 0. The van der Waals surface area contributed by atoms with Crippen LogP contribution in [0.2, 0.25) is 0 Å². The van der Waals surface area contributed by atoms with Gasteiger partial charge in [-0.2, -0.15) is 0 Å². The zero-order valence-electron chi connectivity index (χ0n) is 26.5. The van der Waals surface area contributed by atoms with Crippen LogP contribution in [0.25, 0.3) is 54.6 Å². The molecular weight excluding hydrogens is 620 g/mol. The van der Waals surface area contributed by atoms with Gasteiger partial charge in [0.25, 0.3) is 0 Å². The van der Waals surface area contributed by atoms with E-state index >= 15 is 0 Å². The van der Waals surface area contributed by atoms with Crippen molar-refractivity contribution in [2.24, 2.45) is 0 Å². The van der Waals surface area contributed by atoms with E-state index in [0.717, 1.165) is 4.47 Å². The zero-order chi connectivity index (χ0) is 31.9. The Morgan fingerprint density at radius 2 is 0.848 bits per heavy atom. The molecule has 0 amide bonds. The number of hydrogen-bond donors (Lipinski definition) is 0. The summed E-state index contributed by atoms with van der Waals surface area (Å²) < 4.78 is 1.10. The van der Waals surface area contributed by atoms with E-state index in [1.165, 1.54) is 71.3 Å². The molecule has 0 radical (unpaired) electrons. The fraction of sp³-hybridized carbons (Fsp3) is 0.0667. The molecule has 8 rings (SSSR count). The van der Waals surface area contributed by atoms with Crippen molar-refractivity contribution in [2.75, 3.05) is 0 Å². The van der Waals surface area contributed by atoms with E-state index in [1.54, 1.807) is 0 Å². The van der Waals surface area contributed by atoms with Gasteiger partial charge in [-0.3, -0.25) is 0 Å². The second kappa shape index (κ2) is 14.4. The van der Waals surface area contributed by atoms with E-state index in [9.17, 15) is 0 Å². The van der Waals surface area contributed by atoms with Crippen LogP contribution >= 0.6 is 15.9 Å². The molecule has 0 aliphatic heterocycles. The van der Waals surface area contributed by atoms with E-state index in [0.29, 0.717) is 0 Å². The Morgan fingerprint density at radius 3 is 1.41 bits per heavy atom. The molecule has 46 heavy (non-hydrogen) atoms. The lowest BCUT2D eigenvalue weighted by atomic mass is 9.85. The molecule has 0 fully saturated rings. The third-order valence-corrected chi connectivity index (χ3v) is 8.80. The van der Waals surface area contributed by atoms with Crippen LogP contribution in [0.5, 0.6) is 0 Å². The van der Waals surface area contributed by atoms with Crippen LogP contribution in [-0.2, 0) is 0 Å². The van der Waals surface area contributed by atoms with Crippen LogP contribution in [0.4, 0.5) is 0 Å². The summed E-state index contributed by atoms with van der Waals surface area (Å²) in [5.41, 5.74) is 9.06. The summed E-state index contributed by atoms with van der Waals surface area (Å²) in [4.78, 5) is 0. The molecule has 0 spiro atoms. The molecular formula is C45H37Br. The highest BCUT2D eigenvalue weighted by Gasteiger charge is 2.17. The molecule has 224 valence electrons. The molecule has 0 bridgehead atoms. The minimum absolute atomic E-state index is 1.10. The predicted molar refractivity (Wildman–Crippen MR) is 205 cm³/mol. The van der Waals surface area contributed by atoms with Crippen LogP contribution < -0.4 is 0 Å². The molecule has 0 saturated heterocycles. The molecule has 1 heteroatoms. The van der Waals surface area contributed by atoms with Gasteiger partial charge < -0.3 is 0 Å². The molecule has 8 aromatic rings. The predicted octanol–water partition coefficient (Wildman–Crippen LogP) is 13.5. The summed E-state index contributed by atoms with van der Waals surface area (Å²) in [5, 5.41) is 7.84. The first-order valence-corrected chi connectivity index (χ1v) is 16.5. The van der Waals surface area contributed by atoms with Crippen molar-refractivity contribution >= 4 is 48.2 Å². The van der Waals surface area contributed by atoms with E-state index in [4.69, 9.17) is 0 Å². The normalized spacial score (nSPS) is 10.6. The van der Waals surface area contributed by atoms with Crippen LogP contribution in [0.1, 0.15) is 16.7 Å². The lowest BCUT2D eigenvalue weighted by Gasteiger charge is -2.18. The molecule has 0 aliphatic carbocycles. The average molecular weight is 658 g/mol. The van der Waals surface area contributed by atoms with E-state index in [2.05, 4.69) is 188 Å². The van der Waals surface area contributed by atoms with Gasteiger partial charge in [0, 0.05) is 4.47 Å². The fourth-order valence-electron chi connectivity index (χ4n) is 6.07. The lowest BCUT2D eigenvalue weighted by Crippen LogP contribution is -1.91. The van der Waals surface area contributed by atoms with Gasteiger partial charge in [-0.25, -0.2) is 0 Å². The molecule has 0 aromatic heterocycles. The van der Waals surface area contributed by atoms with Crippen LogP contribution in [0, 0.1) is 20.8 Å². The summed E-state index contributed by atoms with van der Waals surface area (Å²) in [6, 6.07) is 60.0. The van der Waals surface area contributed by atoms with Gasteiger partial charge in [-0.05, 0) is 93.0 Å². The van der Waals surface area contributed by atoms with Crippen molar-refractivity contribution in [1.82, 2.24) is 0 Å². The van der Waals surface area contributed by atoms with Crippen molar-refractivity contribution in [2.45, 2.75) is 20.8 Å². The fourth-order valence-corrected chi connectivity index (χ4v) is 6.43. The number of rotatable bonds is 2. The minimum Gasteiger partial charge on any atom is -0.0622 e. The highest BCUT2D eigenvalue weighted by atomic mass is 79.9. The quantitative estimate of drug-likeness (QED) is 0.162. The van der Waals surface area contributed by atoms with Crippen molar-refractivity contribution in [3.63, 3.8) is 0 Å². The smallest absolute Gasteiger partial charge is 0.0181 e. The number of benzene rings is 8. The Kier molecular flexibility index (Phi) is 9.72. The first-order chi connectivity index (χ1) is 22.5. The van der Waals surface area contributed by atoms with Gasteiger partial charge in [0.05, 0.1) is 0 Å². The van der Waals surface area contributed by atoms with E-state index in [-0.39, 0.29) is 0 Å². The molecule has 0 atom stereocenters. The zero-order valence-corrected chi connectivity index (χ0v) is 28.1. The molecule has 0 heterocycles. The van der Waals surface area contributed by atoms with Gasteiger partial charge in [0.2, 0.25) is 0 Å². The van der Waals surface area contributed by atoms with Crippen molar-refractivity contribution in [3.05, 3.63) is 191 Å². The maximum Gasteiger partial charge on any atom is 0.0181 e. The van der Waals surface area contributed by atoms with Gasteiger partial charge in [0.1, 0.15) is 0 Å². The first kappa shape index (κ1) is 31.0. The highest BCUT2D eigenvalue weighted by molar-refractivity contribution is 9.10. The molecule has 0 unspecified atom stereocenters.